The monoisotopic (exact) mass is 420 g/mol. The van der Waals surface area contributed by atoms with E-state index in [1.165, 1.54) is 24.6 Å². The van der Waals surface area contributed by atoms with E-state index < -0.39 is 0 Å². The smallest absolute Gasteiger partial charge is 0.227 e. The summed E-state index contributed by atoms with van der Waals surface area (Å²) < 4.78 is 2.01. The van der Waals surface area contributed by atoms with Gasteiger partial charge in [0.15, 0.2) is 11.0 Å². The molecule has 154 valence electrons. The fourth-order valence-electron chi connectivity index (χ4n) is 3.75. The SMILES string of the molecule is Cn1c(Sc2ccccn2)nnc1-c1ccc(NC(=O)C2CC2)cc1N1CCCC1. The summed E-state index contributed by atoms with van der Waals surface area (Å²) in [4.78, 5) is 19.0. The first-order valence-electron chi connectivity index (χ1n) is 10.4. The molecule has 3 heterocycles. The Bertz CT molecular complexity index is 1060. The first-order chi connectivity index (χ1) is 14.7. The molecule has 8 heteroatoms. The molecular formula is C22H24N6OS. The molecule has 0 unspecified atom stereocenters. The highest BCUT2D eigenvalue weighted by Gasteiger charge is 2.30. The van der Waals surface area contributed by atoms with Gasteiger partial charge in [0.2, 0.25) is 5.91 Å². The van der Waals surface area contributed by atoms with Crippen molar-refractivity contribution in [3.05, 3.63) is 42.6 Å². The van der Waals surface area contributed by atoms with E-state index in [9.17, 15) is 4.79 Å². The van der Waals surface area contributed by atoms with Crippen LogP contribution in [0.15, 0.2) is 52.8 Å². The third-order valence-corrected chi connectivity index (χ3v) is 6.56. The highest BCUT2D eigenvalue weighted by Crippen LogP contribution is 2.37. The number of nitrogens with one attached hydrogen (secondary N) is 1. The average molecular weight is 421 g/mol. The summed E-state index contributed by atoms with van der Waals surface area (Å²) in [5, 5.41) is 13.7. The van der Waals surface area contributed by atoms with Gasteiger partial charge in [-0.1, -0.05) is 6.07 Å². The van der Waals surface area contributed by atoms with Crippen molar-refractivity contribution in [2.24, 2.45) is 13.0 Å². The second kappa shape index (κ2) is 8.10. The molecule has 2 aliphatic rings. The van der Waals surface area contributed by atoms with Crippen molar-refractivity contribution < 1.29 is 4.79 Å². The fourth-order valence-corrected chi connectivity index (χ4v) is 4.50. The number of aromatic nitrogens is 4. The minimum Gasteiger partial charge on any atom is -0.371 e. The van der Waals surface area contributed by atoms with Crippen LogP contribution < -0.4 is 10.2 Å². The van der Waals surface area contributed by atoms with E-state index in [4.69, 9.17) is 0 Å². The van der Waals surface area contributed by atoms with E-state index in [2.05, 4.69) is 37.5 Å². The molecule has 0 bridgehead atoms. The summed E-state index contributed by atoms with van der Waals surface area (Å²) in [5.41, 5.74) is 2.98. The van der Waals surface area contributed by atoms with E-state index >= 15 is 0 Å². The third kappa shape index (κ3) is 3.92. The molecule has 2 aromatic heterocycles. The quantitative estimate of drug-likeness (QED) is 0.650. The van der Waals surface area contributed by atoms with Crippen molar-refractivity contribution >= 4 is 29.0 Å². The second-order valence-electron chi connectivity index (χ2n) is 7.82. The van der Waals surface area contributed by atoms with Crippen LogP contribution in [-0.2, 0) is 11.8 Å². The topological polar surface area (TPSA) is 75.9 Å². The lowest BCUT2D eigenvalue weighted by Gasteiger charge is -2.22. The summed E-state index contributed by atoms with van der Waals surface area (Å²) >= 11 is 1.50. The van der Waals surface area contributed by atoms with Gasteiger partial charge in [0, 0.05) is 49.2 Å². The lowest BCUT2D eigenvalue weighted by Crippen LogP contribution is -2.20. The third-order valence-electron chi connectivity index (χ3n) is 5.57. The zero-order valence-electron chi connectivity index (χ0n) is 16.9. The Balaban J connectivity index is 1.47. The standard InChI is InChI=1S/C22H24N6OS/c1-27-20(25-26-22(27)30-19-6-2-3-11-23-19)17-10-9-16(24-21(29)15-7-8-15)14-18(17)28-12-4-5-13-28/h2-3,6,9-11,14-15H,4-5,7-8,12-13H2,1H3,(H,24,29). The number of carbonyl (C=O) groups is 1. The molecule has 1 saturated carbocycles. The van der Waals surface area contributed by atoms with Crippen LogP contribution in [0.25, 0.3) is 11.4 Å². The molecule has 0 atom stereocenters. The average Bonchev–Trinajstić information content (AvgIpc) is 3.37. The van der Waals surface area contributed by atoms with Gasteiger partial charge in [-0.05, 0) is 67.8 Å². The lowest BCUT2D eigenvalue weighted by atomic mass is 10.1. The number of anilines is 2. The summed E-state index contributed by atoms with van der Waals surface area (Å²) in [6.07, 6.45) is 6.13. The largest absolute Gasteiger partial charge is 0.371 e. The maximum Gasteiger partial charge on any atom is 0.227 e. The molecule has 0 radical (unpaired) electrons. The number of carbonyl (C=O) groups excluding carboxylic acids is 1. The summed E-state index contributed by atoms with van der Waals surface area (Å²) in [5.74, 6) is 1.13. The molecule has 3 aromatic rings. The highest BCUT2D eigenvalue weighted by atomic mass is 32.2. The minimum absolute atomic E-state index is 0.128. The molecule has 1 aromatic carbocycles. The zero-order chi connectivity index (χ0) is 20.5. The van der Waals surface area contributed by atoms with Gasteiger partial charge in [-0.15, -0.1) is 10.2 Å². The van der Waals surface area contributed by atoms with Crippen LogP contribution in [0, 0.1) is 5.92 Å². The molecule has 1 N–H and O–H groups in total. The van der Waals surface area contributed by atoms with Gasteiger partial charge in [0.1, 0.15) is 5.03 Å². The predicted octanol–water partition coefficient (Wildman–Crippen LogP) is 3.98. The summed E-state index contributed by atoms with van der Waals surface area (Å²) in [7, 11) is 1.98. The van der Waals surface area contributed by atoms with Crippen molar-refractivity contribution in [3.8, 4) is 11.4 Å². The number of pyridine rings is 1. The Labute approximate surface area is 179 Å². The van der Waals surface area contributed by atoms with Crippen LogP contribution in [0.5, 0.6) is 0 Å². The molecule has 0 spiro atoms. The maximum atomic E-state index is 12.2. The minimum atomic E-state index is 0.128. The Kier molecular flexibility index (Phi) is 5.16. The fraction of sp³-hybridized carbons (Fsp3) is 0.364. The molecule has 5 rings (SSSR count). The summed E-state index contributed by atoms with van der Waals surface area (Å²) in [6, 6.07) is 11.9. The number of nitrogens with zero attached hydrogens (tertiary/aromatic N) is 5. The van der Waals surface area contributed by atoms with Crippen LogP contribution in [0.1, 0.15) is 25.7 Å². The van der Waals surface area contributed by atoms with Crippen LogP contribution in [0.2, 0.25) is 0 Å². The van der Waals surface area contributed by atoms with E-state index in [0.29, 0.717) is 0 Å². The lowest BCUT2D eigenvalue weighted by molar-refractivity contribution is -0.117. The molecule has 1 aliphatic heterocycles. The van der Waals surface area contributed by atoms with Gasteiger partial charge < -0.3 is 14.8 Å². The Morgan fingerprint density at radius 2 is 1.97 bits per heavy atom. The van der Waals surface area contributed by atoms with E-state index in [1.807, 2.05) is 35.9 Å². The van der Waals surface area contributed by atoms with Gasteiger partial charge in [0.05, 0.1) is 0 Å². The Morgan fingerprint density at radius 1 is 1.13 bits per heavy atom. The van der Waals surface area contributed by atoms with Gasteiger partial charge in [-0.25, -0.2) is 4.98 Å². The molecule has 30 heavy (non-hydrogen) atoms. The van der Waals surface area contributed by atoms with E-state index in [1.54, 1.807) is 6.20 Å². The van der Waals surface area contributed by atoms with Crippen molar-refractivity contribution in [1.29, 1.82) is 0 Å². The second-order valence-corrected chi connectivity index (χ2v) is 8.81. The molecule has 7 nitrogen and oxygen atoms in total. The number of hydrogen-bond acceptors (Lipinski definition) is 6. The number of rotatable bonds is 6. The van der Waals surface area contributed by atoms with Crippen LogP contribution >= 0.6 is 11.8 Å². The van der Waals surface area contributed by atoms with Gasteiger partial charge in [-0.3, -0.25) is 4.79 Å². The van der Waals surface area contributed by atoms with Crippen molar-refractivity contribution in [2.45, 2.75) is 35.9 Å². The van der Waals surface area contributed by atoms with Gasteiger partial charge in [-0.2, -0.15) is 0 Å². The summed E-state index contributed by atoms with van der Waals surface area (Å²) in [6.45, 7) is 2.03. The number of benzene rings is 1. The predicted molar refractivity (Wildman–Crippen MR) is 118 cm³/mol. The number of amides is 1. The molecular weight excluding hydrogens is 396 g/mol. The molecule has 2 fully saturated rings. The normalized spacial score (nSPS) is 16.1. The van der Waals surface area contributed by atoms with Crippen LogP contribution in [0.3, 0.4) is 0 Å². The molecule has 1 amide bonds. The Morgan fingerprint density at radius 3 is 2.70 bits per heavy atom. The van der Waals surface area contributed by atoms with Crippen molar-refractivity contribution in [1.82, 2.24) is 19.7 Å². The molecule has 1 aliphatic carbocycles. The van der Waals surface area contributed by atoms with Crippen LogP contribution in [0.4, 0.5) is 11.4 Å². The maximum absolute atomic E-state index is 12.2. The zero-order valence-corrected chi connectivity index (χ0v) is 17.7. The molecule has 1 saturated heterocycles. The highest BCUT2D eigenvalue weighted by molar-refractivity contribution is 7.99. The van der Waals surface area contributed by atoms with Gasteiger partial charge >= 0.3 is 0 Å². The number of hydrogen-bond donors (Lipinski definition) is 1. The first-order valence-corrected chi connectivity index (χ1v) is 11.2. The van der Waals surface area contributed by atoms with Crippen LogP contribution in [-0.4, -0.2) is 38.7 Å². The Hall–Kier alpha value is -2.87. The van der Waals surface area contributed by atoms with Crippen molar-refractivity contribution in [3.63, 3.8) is 0 Å². The van der Waals surface area contributed by atoms with E-state index in [0.717, 1.165) is 58.9 Å². The van der Waals surface area contributed by atoms with Crippen molar-refractivity contribution in [2.75, 3.05) is 23.3 Å². The first kappa shape index (κ1) is 19.1. The van der Waals surface area contributed by atoms with E-state index in [-0.39, 0.29) is 11.8 Å². The van der Waals surface area contributed by atoms with Gasteiger partial charge in [0.25, 0.3) is 0 Å².